The molecule has 0 aliphatic rings. The number of hydrogen-bond donors (Lipinski definition) is 1. The average molecular weight is 134 g/mol. The van der Waals surface area contributed by atoms with Crippen LogP contribution in [0.2, 0.25) is 0 Å². The van der Waals surface area contributed by atoms with Gasteiger partial charge in [-0.15, -0.1) is 10.1 Å². The maximum Gasteiger partial charge on any atom is 0.294 e. The summed E-state index contributed by atoms with van der Waals surface area (Å²) in [5, 5.41) is 8.75. The molecule has 2 N–H and O–H groups in total. The van der Waals surface area contributed by atoms with Crippen molar-refractivity contribution in [2.75, 3.05) is 13.2 Å². The lowest BCUT2D eigenvalue weighted by Gasteiger charge is -2.03. The van der Waals surface area contributed by atoms with Gasteiger partial charge in [0.2, 0.25) is 0 Å². The standard InChI is InChI=1S/C4H10N2O3/c1-4(2-5)3-9-6(7)8/h4H,2-3,5H2,1H3/t4-/m1/s1. The Balaban J connectivity index is 3.16. The molecule has 5 heteroatoms. The fourth-order valence-electron chi connectivity index (χ4n) is 0.256. The summed E-state index contributed by atoms with van der Waals surface area (Å²) in [5.41, 5.74) is 5.16. The van der Waals surface area contributed by atoms with E-state index in [1.54, 1.807) is 6.92 Å². The molecule has 0 saturated heterocycles. The number of nitrogens with zero attached hydrogens (tertiary/aromatic N) is 1. The monoisotopic (exact) mass is 134 g/mol. The summed E-state index contributed by atoms with van der Waals surface area (Å²) in [7, 11) is 0. The van der Waals surface area contributed by atoms with E-state index in [1.807, 2.05) is 0 Å². The molecule has 0 bridgehead atoms. The molecule has 0 rings (SSSR count). The highest BCUT2D eigenvalue weighted by atomic mass is 16.9. The molecule has 0 unspecified atom stereocenters. The first kappa shape index (κ1) is 8.16. The Hall–Kier alpha value is -0.840. The van der Waals surface area contributed by atoms with E-state index < -0.39 is 5.09 Å². The van der Waals surface area contributed by atoms with Crippen molar-refractivity contribution in [3.05, 3.63) is 10.1 Å². The summed E-state index contributed by atoms with van der Waals surface area (Å²) in [6, 6.07) is 0. The molecule has 0 aromatic rings. The highest BCUT2D eigenvalue weighted by molar-refractivity contribution is 4.47. The van der Waals surface area contributed by atoms with E-state index in [-0.39, 0.29) is 12.5 Å². The van der Waals surface area contributed by atoms with Crippen LogP contribution in [0.1, 0.15) is 6.92 Å². The van der Waals surface area contributed by atoms with Crippen molar-refractivity contribution in [1.82, 2.24) is 0 Å². The Morgan fingerprint density at radius 3 is 2.78 bits per heavy atom. The lowest BCUT2D eigenvalue weighted by Crippen LogP contribution is -2.18. The molecule has 0 aliphatic carbocycles. The fourth-order valence-corrected chi connectivity index (χ4v) is 0.256. The van der Waals surface area contributed by atoms with Crippen molar-refractivity contribution in [2.24, 2.45) is 11.7 Å². The maximum atomic E-state index is 9.56. The molecule has 0 spiro atoms. The smallest absolute Gasteiger partial charge is 0.294 e. The van der Waals surface area contributed by atoms with Gasteiger partial charge in [0.05, 0.1) is 0 Å². The maximum absolute atomic E-state index is 9.56. The van der Waals surface area contributed by atoms with Crippen molar-refractivity contribution in [3.8, 4) is 0 Å². The molecule has 0 heterocycles. The van der Waals surface area contributed by atoms with E-state index >= 15 is 0 Å². The van der Waals surface area contributed by atoms with Gasteiger partial charge in [-0.2, -0.15) is 0 Å². The zero-order chi connectivity index (χ0) is 7.28. The van der Waals surface area contributed by atoms with Crippen molar-refractivity contribution in [2.45, 2.75) is 6.92 Å². The quantitative estimate of drug-likeness (QED) is 0.426. The van der Waals surface area contributed by atoms with Crippen LogP contribution in [0.15, 0.2) is 0 Å². The van der Waals surface area contributed by atoms with Crippen molar-refractivity contribution >= 4 is 0 Å². The third-order valence-electron chi connectivity index (χ3n) is 0.867. The molecule has 0 aromatic carbocycles. The van der Waals surface area contributed by atoms with E-state index in [2.05, 4.69) is 4.84 Å². The molecule has 0 fully saturated rings. The first-order valence-electron chi connectivity index (χ1n) is 2.64. The van der Waals surface area contributed by atoms with Gasteiger partial charge in [0.1, 0.15) is 6.61 Å². The minimum atomic E-state index is -0.813. The summed E-state index contributed by atoms with van der Waals surface area (Å²) >= 11 is 0. The molecular weight excluding hydrogens is 124 g/mol. The number of hydrogen-bond acceptors (Lipinski definition) is 4. The van der Waals surface area contributed by atoms with E-state index in [1.165, 1.54) is 0 Å². The third-order valence-corrected chi connectivity index (χ3v) is 0.867. The summed E-state index contributed by atoms with van der Waals surface area (Å²) in [5.74, 6) is 0.0513. The SMILES string of the molecule is C[C@H](CN)CO[N+](=O)[O-]. The van der Waals surface area contributed by atoms with Gasteiger partial charge in [-0.1, -0.05) is 6.92 Å². The van der Waals surface area contributed by atoms with Gasteiger partial charge < -0.3 is 10.6 Å². The van der Waals surface area contributed by atoms with Crippen molar-refractivity contribution < 1.29 is 9.92 Å². The lowest BCUT2D eigenvalue weighted by atomic mass is 10.2. The third kappa shape index (κ3) is 5.02. The number of rotatable bonds is 4. The molecule has 54 valence electrons. The summed E-state index contributed by atoms with van der Waals surface area (Å²) in [4.78, 5) is 13.6. The Morgan fingerprint density at radius 1 is 1.89 bits per heavy atom. The Kier molecular flexibility index (Phi) is 3.70. The van der Waals surface area contributed by atoms with E-state index in [0.29, 0.717) is 6.54 Å². The molecule has 5 nitrogen and oxygen atoms in total. The molecule has 0 radical (unpaired) electrons. The predicted octanol–water partition coefficient (Wildman–Crippen LogP) is -0.210. The highest BCUT2D eigenvalue weighted by Gasteiger charge is 2.00. The van der Waals surface area contributed by atoms with Gasteiger partial charge >= 0.3 is 0 Å². The molecule has 0 saturated carbocycles. The first-order chi connectivity index (χ1) is 4.16. The van der Waals surface area contributed by atoms with Gasteiger partial charge in [0.25, 0.3) is 5.09 Å². The second-order valence-electron chi connectivity index (χ2n) is 1.86. The topological polar surface area (TPSA) is 78.4 Å². The van der Waals surface area contributed by atoms with Crippen LogP contribution < -0.4 is 5.73 Å². The van der Waals surface area contributed by atoms with Crippen LogP contribution in [0.4, 0.5) is 0 Å². The zero-order valence-corrected chi connectivity index (χ0v) is 5.24. The van der Waals surface area contributed by atoms with E-state index in [4.69, 9.17) is 5.73 Å². The van der Waals surface area contributed by atoms with E-state index in [0.717, 1.165) is 0 Å². The largest absolute Gasteiger partial charge is 0.330 e. The fraction of sp³-hybridized carbons (Fsp3) is 1.00. The molecule has 0 aromatic heterocycles. The molecular formula is C4H10N2O3. The van der Waals surface area contributed by atoms with Crippen LogP contribution in [0.25, 0.3) is 0 Å². The molecule has 1 atom stereocenters. The molecule has 9 heavy (non-hydrogen) atoms. The minimum absolute atomic E-state index is 0.0513. The van der Waals surface area contributed by atoms with Crippen LogP contribution in [0.5, 0.6) is 0 Å². The van der Waals surface area contributed by atoms with Gasteiger partial charge in [0, 0.05) is 0 Å². The van der Waals surface area contributed by atoms with Crippen LogP contribution in [0, 0.1) is 16.0 Å². The lowest BCUT2D eigenvalue weighted by molar-refractivity contribution is -0.759. The molecule has 0 amide bonds. The summed E-state index contributed by atoms with van der Waals surface area (Å²) < 4.78 is 0. The van der Waals surface area contributed by atoms with Crippen molar-refractivity contribution in [1.29, 1.82) is 0 Å². The second kappa shape index (κ2) is 4.08. The zero-order valence-electron chi connectivity index (χ0n) is 5.24. The van der Waals surface area contributed by atoms with Gasteiger partial charge in [-0.3, -0.25) is 0 Å². The van der Waals surface area contributed by atoms with Crippen molar-refractivity contribution in [3.63, 3.8) is 0 Å². The molecule has 0 aliphatic heterocycles. The van der Waals surface area contributed by atoms with Gasteiger partial charge in [0.15, 0.2) is 0 Å². The second-order valence-corrected chi connectivity index (χ2v) is 1.86. The van der Waals surface area contributed by atoms with Crippen LogP contribution in [0.3, 0.4) is 0 Å². The highest BCUT2D eigenvalue weighted by Crippen LogP contribution is 1.90. The minimum Gasteiger partial charge on any atom is -0.330 e. The van der Waals surface area contributed by atoms with E-state index in [9.17, 15) is 10.1 Å². The summed E-state index contributed by atoms with van der Waals surface area (Å²) in [6.07, 6.45) is 0. The van der Waals surface area contributed by atoms with Gasteiger partial charge in [-0.05, 0) is 12.5 Å². The Labute approximate surface area is 52.9 Å². The average Bonchev–Trinajstić information content (AvgIpc) is 1.83. The normalized spacial score (nSPS) is 12.7. The number of nitrogens with two attached hydrogens (primary N) is 1. The van der Waals surface area contributed by atoms with Crippen LogP contribution in [-0.4, -0.2) is 18.2 Å². The van der Waals surface area contributed by atoms with Gasteiger partial charge in [-0.25, -0.2) is 0 Å². The Morgan fingerprint density at radius 2 is 2.44 bits per heavy atom. The first-order valence-corrected chi connectivity index (χ1v) is 2.64. The Bertz CT molecular complexity index is 95.8. The summed E-state index contributed by atoms with van der Waals surface area (Å²) in [6.45, 7) is 2.28. The van der Waals surface area contributed by atoms with Crippen LogP contribution >= 0.6 is 0 Å². The van der Waals surface area contributed by atoms with Crippen LogP contribution in [-0.2, 0) is 4.84 Å². The predicted molar refractivity (Wildman–Crippen MR) is 31.2 cm³/mol.